The molecule has 0 aliphatic carbocycles. The molecule has 0 saturated heterocycles. The van der Waals surface area contributed by atoms with E-state index in [-0.39, 0.29) is 11.3 Å². The predicted molar refractivity (Wildman–Crippen MR) is 58.5 cm³/mol. The minimum atomic E-state index is -0.939. The molecule has 2 aromatic rings. The van der Waals surface area contributed by atoms with E-state index in [9.17, 15) is 9.59 Å². The second-order valence-electron chi connectivity index (χ2n) is 3.28. The Morgan fingerprint density at radius 1 is 1.53 bits per heavy atom. The molecule has 0 atom stereocenters. The van der Waals surface area contributed by atoms with Crippen LogP contribution in [0.3, 0.4) is 0 Å². The summed E-state index contributed by atoms with van der Waals surface area (Å²) in [6.07, 6.45) is 0. The van der Waals surface area contributed by atoms with Gasteiger partial charge in [-0.1, -0.05) is 12.1 Å². The Morgan fingerprint density at radius 3 is 2.93 bits per heavy atom. The minimum absolute atomic E-state index is 0.0880. The summed E-state index contributed by atoms with van der Waals surface area (Å²) in [6.45, 7) is 1.71. The lowest BCUT2D eigenvalue weighted by atomic mass is 10.2. The summed E-state index contributed by atoms with van der Waals surface area (Å²) in [5.41, 5.74) is 1.65. The number of carboxylic acids is 1. The van der Waals surface area contributed by atoms with E-state index in [1.807, 2.05) is 13.0 Å². The van der Waals surface area contributed by atoms with Gasteiger partial charge in [-0.25, -0.2) is 0 Å². The molecule has 15 heavy (non-hydrogen) atoms. The maximum absolute atomic E-state index is 11.5. The SMILES string of the molecule is Cc1cccc2c(=O)sn(CC(=O)O)c12. The van der Waals surface area contributed by atoms with Crippen molar-refractivity contribution < 1.29 is 9.90 Å². The number of hydrogen-bond acceptors (Lipinski definition) is 3. The number of benzene rings is 1. The lowest BCUT2D eigenvalue weighted by molar-refractivity contribution is -0.137. The molecule has 0 bridgehead atoms. The van der Waals surface area contributed by atoms with Crippen LogP contribution in [-0.2, 0) is 11.3 Å². The molecule has 0 radical (unpaired) electrons. The zero-order chi connectivity index (χ0) is 11.0. The maximum atomic E-state index is 11.5. The average Bonchev–Trinajstić information content (AvgIpc) is 2.44. The van der Waals surface area contributed by atoms with E-state index in [1.165, 1.54) is 3.96 Å². The third kappa shape index (κ3) is 1.66. The molecule has 1 N–H and O–H groups in total. The number of para-hydroxylation sites is 1. The summed E-state index contributed by atoms with van der Waals surface area (Å²) < 4.78 is 1.44. The Hall–Kier alpha value is -1.62. The molecule has 1 aromatic carbocycles. The van der Waals surface area contributed by atoms with Gasteiger partial charge in [-0.15, -0.1) is 0 Å². The first kappa shape index (κ1) is 9.92. The Balaban J connectivity index is 2.75. The van der Waals surface area contributed by atoms with Crippen molar-refractivity contribution >= 4 is 28.4 Å². The number of carbonyl (C=O) groups is 1. The van der Waals surface area contributed by atoms with Gasteiger partial charge >= 0.3 is 5.97 Å². The van der Waals surface area contributed by atoms with E-state index in [4.69, 9.17) is 5.11 Å². The fourth-order valence-corrected chi connectivity index (χ4v) is 2.56. The van der Waals surface area contributed by atoms with Crippen molar-refractivity contribution in [2.24, 2.45) is 0 Å². The molecule has 0 fully saturated rings. The molecule has 78 valence electrons. The van der Waals surface area contributed by atoms with Gasteiger partial charge in [-0.3, -0.25) is 13.5 Å². The van der Waals surface area contributed by atoms with Gasteiger partial charge in [0.15, 0.2) is 0 Å². The van der Waals surface area contributed by atoms with E-state index >= 15 is 0 Å². The quantitative estimate of drug-likeness (QED) is 0.838. The van der Waals surface area contributed by atoms with Crippen molar-refractivity contribution in [3.8, 4) is 0 Å². The maximum Gasteiger partial charge on any atom is 0.324 e. The molecule has 0 spiro atoms. The molecule has 0 unspecified atom stereocenters. The normalized spacial score (nSPS) is 10.7. The van der Waals surface area contributed by atoms with Crippen LogP contribution in [-0.4, -0.2) is 15.0 Å². The van der Waals surface area contributed by atoms with Crippen molar-refractivity contribution in [2.75, 3.05) is 0 Å². The smallest absolute Gasteiger partial charge is 0.324 e. The average molecular weight is 223 g/mol. The van der Waals surface area contributed by atoms with Crippen LogP contribution >= 0.6 is 11.5 Å². The van der Waals surface area contributed by atoms with E-state index < -0.39 is 5.97 Å². The number of fused-ring (bicyclic) bond motifs is 1. The van der Waals surface area contributed by atoms with Gasteiger partial charge in [-0.05, 0) is 30.1 Å². The van der Waals surface area contributed by atoms with Crippen LogP contribution in [0.15, 0.2) is 23.0 Å². The van der Waals surface area contributed by atoms with Crippen LogP contribution in [0.5, 0.6) is 0 Å². The molecule has 2 rings (SSSR count). The van der Waals surface area contributed by atoms with Gasteiger partial charge in [0.1, 0.15) is 6.54 Å². The lowest BCUT2D eigenvalue weighted by Crippen LogP contribution is -2.06. The van der Waals surface area contributed by atoms with Gasteiger partial charge in [0.2, 0.25) is 0 Å². The highest BCUT2D eigenvalue weighted by Crippen LogP contribution is 2.18. The third-order valence-electron chi connectivity index (χ3n) is 2.18. The van der Waals surface area contributed by atoms with Crippen molar-refractivity contribution in [3.63, 3.8) is 0 Å². The summed E-state index contributed by atoms with van der Waals surface area (Å²) in [4.78, 5) is 22.2. The lowest BCUT2D eigenvalue weighted by Gasteiger charge is -2.01. The third-order valence-corrected chi connectivity index (χ3v) is 3.10. The van der Waals surface area contributed by atoms with Gasteiger partial charge in [0.05, 0.1) is 10.9 Å². The Labute approximate surface area is 89.5 Å². The fourth-order valence-electron chi connectivity index (χ4n) is 1.58. The first-order valence-corrected chi connectivity index (χ1v) is 5.18. The van der Waals surface area contributed by atoms with Gasteiger partial charge in [0.25, 0.3) is 4.74 Å². The van der Waals surface area contributed by atoms with E-state index in [0.717, 1.165) is 22.6 Å². The van der Waals surface area contributed by atoms with Crippen molar-refractivity contribution in [1.29, 1.82) is 0 Å². The van der Waals surface area contributed by atoms with Crippen LogP contribution < -0.4 is 4.74 Å². The Kier molecular flexibility index (Phi) is 2.32. The molecule has 0 aliphatic heterocycles. The fraction of sp³-hybridized carbons (Fsp3) is 0.200. The topological polar surface area (TPSA) is 59.3 Å². The zero-order valence-corrected chi connectivity index (χ0v) is 8.87. The Morgan fingerprint density at radius 2 is 2.27 bits per heavy atom. The number of aliphatic carboxylic acids is 1. The van der Waals surface area contributed by atoms with E-state index in [1.54, 1.807) is 12.1 Å². The summed E-state index contributed by atoms with van der Waals surface area (Å²) in [7, 11) is 0. The number of nitrogens with zero attached hydrogens (tertiary/aromatic N) is 1. The minimum Gasteiger partial charge on any atom is -0.480 e. The van der Waals surface area contributed by atoms with Crippen LogP contribution in [0.25, 0.3) is 10.9 Å². The van der Waals surface area contributed by atoms with E-state index in [2.05, 4.69) is 0 Å². The first-order valence-electron chi connectivity index (χ1n) is 4.41. The van der Waals surface area contributed by atoms with Crippen LogP contribution in [0, 0.1) is 6.92 Å². The zero-order valence-electron chi connectivity index (χ0n) is 8.06. The molecule has 0 amide bonds. The molecule has 0 aliphatic rings. The summed E-state index contributed by atoms with van der Waals surface area (Å²) >= 11 is 0.950. The monoisotopic (exact) mass is 223 g/mol. The summed E-state index contributed by atoms with van der Waals surface area (Å²) in [6, 6.07) is 5.39. The predicted octanol–water partition coefficient (Wildman–Crippen LogP) is 1.46. The molecular weight excluding hydrogens is 214 g/mol. The molecule has 5 heteroatoms. The highest BCUT2D eigenvalue weighted by Gasteiger charge is 2.11. The number of hydrogen-bond donors (Lipinski definition) is 1. The molecule has 1 heterocycles. The highest BCUT2D eigenvalue weighted by molar-refractivity contribution is 7.05. The van der Waals surface area contributed by atoms with Crippen LogP contribution in [0.4, 0.5) is 0 Å². The number of carboxylic acid groups (broad SMARTS) is 1. The van der Waals surface area contributed by atoms with Gasteiger partial charge < -0.3 is 5.11 Å². The number of aromatic nitrogens is 1. The summed E-state index contributed by atoms with van der Waals surface area (Å²) in [5.74, 6) is -0.939. The van der Waals surface area contributed by atoms with Gasteiger partial charge in [-0.2, -0.15) is 0 Å². The summed E-state index contributed by atoms with van der Waals surface area (Å²) in [5, 5.41) is 9.31. The van der Waals surface area contributed by atoms with Crippen LogP contribution in [0.1, 0.15) is 5.56 Å². The number of aryl methyl sites for hydroxylation is 1. The molecule has 0 saturated carbocycles. The second-order valence-corrected chi connectivity index (χ2v) is 4.27. The number of rotatable bonds is 2. The van der Waals surface area contributed by atoms with Crippen LogP contribution in [0.2, 0.25) is 0 Å². The Bertz CT molecular complexity index is 582. The molecule has 4 nitrogen and oxygen atoms in total. The largest absolute Gasteiger partial charge is 0.480 e. The van der Waals surface area contributed by atoms with Gasteiger partial charge in [0, 0.05) is 0 Å². The standard InChI is InChI=1S/C10H9NO3S/c1-6-3-2-4-7-9(6)11(5-8(12)13)15-10(7)14/h2-4H,5H2,1H3,(H,12,13). The van der Waals surface area contributed by atoms with Crippen molar-refractivity contribution in [3.05, 3.63) is 33.3 Å². The molecular formula is C10H9NO3S. The molecule has 1 aromatic heterocycles. The highest BCUT2D eigenvalue weighted by atomic mass is 32.1. The van der Waals surface area contributed by atoms with Crippen molar-refractivity contribution in [1.82, 2.24) is 3.96 Å². The van der Waals surface area contributed by atoms with E-state index in [0.29, 0.717) is 5.39 Å². The van der Waals surface area contributed by atoms with Crippen molar-refractivity contribution in [2.45, 2.75) is 13.5 Å². The second kappa shape index (κ2) is 3.51. The first-order chi connectivity index (χ1) is 7.09.